The summed E-state index contributed by atoms with van der Waals surface area (Å²) in [5.41, 5.74) is 2.15. The minimum absolute atomic E-state index is 0.234. The quantitative estimate of drug-likeness (QED) is 0.884. The lowest BCUT2D eigenvalue weighted by Crippen LogP contribution is -2.31. The van der Waals surface area contributed by atoms with Crippen molar-refractivity contribution in [1.29, 1.82) is 0 Å². The predicted octanol–water partition coefficient (Wildman–Crippen LogP) is 1.42. The number of hydrogen-bond acceptors (Lipinski definition) is 4. The fourth-order valence-electron chi connectivity index (χ4n) is 2.47. The minimum Gasteiger partial charge on any atom is -0.480 e. The van der Waals surface area contributed by atoms with Crippen LogP contribution >= 0.6 is 0 Å². The second-order valence-electron chi connectivity index (χ2n) is 5.41. The molecule has 120 valence electrons. The molecular formula is C16H16N2O4S. The van der Waals surface area contributed by atoms with Crippen LogP contribution in [0.3, 0.4) is 0 Å². The van der Waals surface area contributed by atoms with Crippen LogP contribution in [0.2, 0.25) is 0 Å². The van der Waals surface area contributed by atoms with Gasteiger partial charge in [0.25, 0.3) is 5.91 Å². The molecule has 2 aromatic rings. The normalized spacial score (nSPS) is 16.5. The number of fused-ring (bicyclic) bond motifs is 1. The molecule has 0 saturated heterocycles. The lowest BCUT2D eigenvalue weighted by Gasteiger charge is -2.11. The molecule has 2 aromatic carbocycles. The summed E-state index contributed by atoms with van der Waals surface area (Å²) >= 11 is 0. The van der Waals surface area contributed by atoms with E-state index in [2.05, 4.69) is 5.32 Å². The molecule has 0 fully saturated rings. The number of para-hydroxylation sites is 1. The smallest absolute Gasteiger partial charge is 0.265 e. The average Bonchev–Trinajstić information content (AvgIpc) is 2.92. The molecule has 1 aliphatic heterocycles. The maximum atomic E-state index is 12.2. The van der Waals surface area contributed by atoms with Gasteiger partial charge in [0, 0.05) is 12.1 Å². The van der Waals surface area contributed by atoms with Crippen LogP contribution in [0.4, 0.5) is 5.69 Å². The van der Waals surface area contributed by atoms with Crippen LogP contribution in [-0.4, -0.2) is 20.4 Å². The van der Waals surface area contributed by atoms with Crippen LogP contribution in [0.15, 0.2) is 48.5 Å². The summed E-state index contributed by atoms with van der Waals surface area (Å²) in [5, 5.41) is 7.76. The zero-order chi connectivity index (χ0) is 16.4. The first-order chi connectivity index (χ1) is 10.9. The summed E-state index contributed by atoms with van der Waals surface area (Å²) in [6.45, 7) is 0. The van der Waals surface area contributed by atoms with E-state index in [1.54, 1.807) is 24.3 Å². The molecule has 1 unspecified atom stereocenters. The molecule has 6 nitrogen and oxygen atoms in total. The molecule has 1 heterocycles. The van der Waals surface area contributed by atoms with Crippen molar-refractivity contribution in [3.8, 4) is 5.75 Å². The van der Waals surface area contributed by atoms with Gasteiger partial charge in [-0.2, -0.15) is 0 Å². The first-order valence-electron chi connectivity index (χ1n) is 7.05. The lowest BCUT2D eigenvalue weighted by molar-refractivity contribution is -0.122. The number of hydrogen-bond donors (Lipinski definition) is 2. The van der Waals surface area contributed by atoms with Gasteiger partial charge in [0.1, 0.15) is 5.75 Å². The van der Waals surface area contributed by atoms with E-state index < -0.39 is 16.1 Å². The number of rotatable bonds is 4. The highest BCUT2D eigenvalue weighted by Crippen LogP contribution is 2.28. The largest absolute Gasteiger partial charge is 0.480 e. The molecular weight excluding hydrogens is 316 g/mol. The third-order valence-corrected chi connectivity index (χ3v) is 4.26. The molecule has 1 atom stereocenters. The number of primary sulfonamides is 1. The monoisotopic (exact) mass is 332 g/mol. The number of amides is 1. The van der Waals surface area contributed by atoms with Gasteiger partial charge >= 0.3 is 0 Å². The topological polar surface area (TPSA) is 98.5 Å². The molecule has 0 aromatic heterocycles. The lowest BCUT2D eigenvalue weighted by atomic mass is 10.1. The van der Waals surface area contributed by atoms with E-state index in [1.165, 1.54) is 0 Å². The van der Waals surface area contributed by atoms with E-state index in [1.807, 2.05) is 24.3 Å². The van der Waals surface area contributed by atoms with Crippen LogP contribution in [-0.2, 0) is 27.0 Å². The SMILES string of the molecule is NS(=O)(=O)Cc1ccc(NC(=O)C2Cc3ccccc3O2)cc1. The molecule has 0 bridgehead atoms. The zero-order valence-electron chi connectivity index (χ0n) is 12.2. The van der Waals surface area contributed by atoms with Crippen LogP contribution in [0, 0.1) is 0 Å². The van der Waals surface area contributed by atoms with Crippen molar-refractivity contribution >= 4 is 21.6 Å². The maximum absolute atomic E-state index is 12.2. The first-order valence-corrected chi connectivity index (χ1v) is 8.77. The third kappa shape index (κ3) is 3.88. The van der Waals surface area contributed by atoms with Gasteiger partial charge in [-0.15, -0.1) is 0 Å². The molecule has 0 radical (unpaired) electrons. The predicted molar refractivity (Wildman–Crippen MR) is 86.4 cm³/mol. The number of nitrogens with one attached hydrogen (secondary N) is 1. The number of carbonyl (C=O) groups is 1. The summed E-state index contributed by atoms with van der Waals surface area (Å²) in [6.07, 6.45) is -0.0256. The molecule has 0 aliphatic carbocycles. The third-order valence-electron chi connectivity index (χ3n) is 3.53. The highest BCUT2D eigenvalue weighted by Gasteiger charge is 2.28. The Balaban J connectivity index is 1.63. The number of carbonyl (C=O) groups excluding carboxylic acids is 1. The van der Waals surface area contributed by atoms with E-state index in [4.69, 9.17) is 9.88 Å². The molecule has 1 amide bonds. The molecule has 1 aliphatic rings. The Bertz CT molecular complexity index is 806. The molecule has 7 heteroatoms. The van der Waals surface area contributed by atoms with Crippen molar-refractivity contribution in [1.82, 2.24) is 0 Å². The number of anilines is 1. The number of sulfonamides is 1. The van der Waals surface area contributed by atoms with Gasteiger partial charge in [0.05, 0.1) is 5.75 Å². The van der Waals surface area contributed by atoms with Crippen molar-refractivity contribution in [2.24, 2.45) is 5.14 Å². The fourth-order valence-corrected chi connectivity index (χ4v) is 3.12. The van der Waals surface area contributed by atoms with Crippen LogP contribution in [0.1, 0.15) is 11.1 Å². The van der Waals surface area contributed by atoms with Gasteiger partial charge in [-0.3, -0.25) is 4.79 Å². The molecule has 23 heavy (non-hydrogen) atoms. The molecule has 0 spiro atoms. The van der Waals surface area contributed by atoms with Gasteiger partial charge < -0.3 is 10.1 Å². The zero-order valence-corrected chi connectivity index (χ0v) is 13.0. The standard InChI is InChI=1S/C16H16N2O4S/c17-23(20,21)10-11-5-7-13(8-6-11)18-16(19)15-9-12-3-1-2-4-14(12)22-15/h1-8,15H,9-10H2,(H,18,19)(H2,17,20,21). The van der Waals surface area contributed by atoms with E-state index >= 15 is 0 Å². The summed E-state index contributed by atoms with van der Waals surface area (Å²) in [7, 11) is -3.56. The van der Waals surface area contributed by atoms with Gasteiger partial charge in [-0.05, 0) is 29.3 Å². The van der Waals surface area contributed by atoms with Gasteiger partial charge in [-0.25, -0.2) is 13.6 Å². The molecule has 0 saturated carbocycles. The Morgan fingerprint density at radius 2 is 1.87 bits per heavy atom. The highest BCUT2D eigenvalue weighted by molar-refractivity contribution is 7.88. The summed E-state index contributed by atoms with van der Waals surface area (Å²) in [4.78, 5) is 12.2. The maximum Gasteiger partial charge on any atom is 0.265 e. The van der Waals surface area contributed by atoms with Crippen molar-refractivity contribution in [3.05, 3.63) is 59.7 Å². The van der Waals surface area contributed by atoms with Crippen molar-refractivity contribution in [3.63, 3.8) is 0 Å². The van der Waals surface area contributed by atoms with E-state index in [0.29, 0.717) is 17.7 Å². The van der Waals surface area contributed by atoms with E-state index in [-0.39, 0.29) is 11.7 Å². The Kier molecular flexibility index (Phi) is 4.06. The Labute approximate surface area is 134 Å². The second kappa shape index (κ2) is 6.02. The Morgan fingerprint density at radius 3 is 2.52 bits per heavy atom. The summed E-state index contributed by atoms with van der Waals surface area (Å²) in [5.74, 6) is 0.263. The van der Waals surface area contributed by atoms with Crippen LogP contribution in [0.5, 0.6) is 5.75 Å². The first kappa shape index (κ1) is 15.5. The molecule has 3 N–H and O–H groups in total. The second-order valence-corrected chi connectivity index (χ2v) is 7.03. The van der Waals surface area contributed by atoms with Gasteiger partial charge in [0.15, 0.2) is 6.10 Å². The van der Waals surface area contributed by atoms with Crippen molar-refractivity contribution in [2.45, 2.75) is 18.3 Å². The van der Waals surface area contributed by atoms with Gasteiger partial charge in [0.2, 0.25) is 10.0 Å². The van der Waals surface area contributed by atoms with E-state index in [0.717, 1.165) is 11.3 Å². The Morgan fingerprint density at radius 1 is 1.17 bits per heavy atom. The summed E-state index contributed by atoms with van der Waals surface area (Å²) in [6, 6.07) is 14.1. The highest BCUT2D eigenvalue weighted by atomic mass is 32.2. The van der Waals surface area contributed by atoms with Gasteiger partial charge in [-0.1, -0.05) is 30.3 Å². The van der Waals surface area contributed by atoms with E-state index in [9.17, 15) is 13.2 Å². The van der Waals surface area contributed by atoms with Crippen molar-refractivity contribution in [2.75, 3.05) is 5.32 Å². The van der Waals surface area contributed by atoms with Crippen molar-refractivity contribution < 1.29 is 17.9 Å². The summed E-state index contributed by atoms with van der Waals surface area (Å²) < 4.78 is 27.7. The number of nitrogens with two attached hydrogens (primary N) is 1. The Hall–Kier alpha value is -2.38. The average molecular weight is 332 g/mol. The minimum atomic E-state index is -3.56. The number of benzene rings is 2. The van der Waals surface area contributed by atoms with Crippen LogP contribution in [0.25, 0.3) is 0 Å². The fraction of sp³-hybridized carbons (Fsp3) is 0.188. The molecule has 3 rings (SSSR count). The number of ether oxygens (including phenoxy) is 1. The van der Waals surface area contributed by atoms with Crippen LogP contribution < -0.4 is 15.2 Å².